The molecule has 3 aromatic rings. The van der Waals surface area contributed by atoms with Gasteiger partial charge in [0.05, 0.1) is 23.4 Å². The Morgan fingerprint density at radius 2 is 2.04 bits per heavy atom. The van der Waals surface area contributed by atoms with Crippen LogP contribution in [0, 0.1) is 6.92 Å². The highest BCUT2D eigenvalue weighted by molar-refractivity contribution is 7.18. The summed E-state index contributed by atoms with van der Waals surface area (Å²) in [7, 11) is 3.25. The summed E-state index contributed by atoms with van der Waals surface area (Å²) >= 11 is 1.59. The van der Waals surface area contributed by atoms with Crippen LogP contribution in [0.25, 0.3) is 26.7 Å². The fourth-order valence-electron chi connectivity index (χ4n) is 2.46. The molecule has 0 unspecified atom stereocenters. The minimum atomic E-state index is 0.569. The van der Waals surface area contributed by atoms with Crippen molar-refractivity contribution in [2.45, 2.75) is 13.3 Å². The maximum Gasteiger partial charge on any atom is 0.240 e. The molecular weight excluding hydrogens is 348 g/mol. The van der Waals surface area contributed by atoms with E-state index in [4.69, 9.17) is 9.72 Å². The molecule has 4 heterocycles. The van der Waals surface area contributed by atoms with Crippen molar-refractivity contribution in [3.8, 4) is 27.0 Å². The number of fused-ring (bicyclic) bond motifs is 1. The molecule has 26 heavy (non-hydrogen) atoms. The number of aryl methyl sites for hydroxylation is 1. The molecule has 1 aliphatic rings. The lowest BCUT2D eigenvalue weighted by molar-refractivity contribution is 0.277. The van der Waals surface area contributed by atoms with Crippen molar-refractivity contribution in [2.75, 3.05) is 20.8 Å². The average molecular weight is 368 g/mol. The van der Waals surface area contributed by atoms with Gasteiger partial charge in [0.2, 0.25) is 5.88 Å². The van der Waals surface area contributed by atoms with Crippen LogP contribution in [-0.4, -0.2) is 40.8 Å². The van der Waals surface area contributed by atoms with Crippen molar-refractivity contribution in [3.05, 3.63) is 48.7 Å². The van der Waals surface area contributed by atoms with Crippen molar-refractivity contribution in [3.63, 3.8) is 0 Å². The van der Waals surface area contributed by atoms with Gasteiger partial charge in [-0.3, -0.25) is 4.98 Å². The maximum absolute atomic E-state index is 5.53. The van der Waals surface area contributed by atoms with Gasteiger partial charge in [0.15, 0.2) is 0 Å². The summed E-state index contributed by atoms with van der Waals surface area (Å²) < 4.78 is 9.78. The number of pyridine rings is 1. The van der Waals surface area contributed by atoms with Gasteiger partial charge in [-0.05, 0) is 24.6 Å². The van der Waals surface area contributed by atoms with Crippen LogP contribution in [0.4, 0.5) is 0 Å². The van der Waals surface area contributed by atoms with Gasteiger partial charge < -0.3 is 9.47 Å². The summed E-state index contributed by atoms with van der Waals surface area (Å²) in [5.41, 5.74) is 4.47. The normalized spacial score (nSPS) is 12.7. The molecule has 0 N–H and O–H groups in total. The van der Waals surface area contributed by atoms with E-state index in [-0.39, 0.29) is 0 Å². The number of hydrogen-bond acceptors (Lipinski definition) is 7. The van der Waals surface area contributed by atoms with E-state index in [0.717, 1.165) is 44.5 Å². The van der Waals surface area contributed by atoms with Gasteiger partial charge in [0, 0.05) is 38.6 Å². The largest absolute Gasteiger partial charge is 0.476 e. The van der Waals surface area contributed by atoms with Gasteiger partial charge >= 0.3 is 0 Å². The number of thiazole rings is 1. The SMILES string of the molecule is C=C1CCOc2ncc(-c3sc(-c4cccnc4)nc3C)nc21.COC. The highest BCUT2D eigenvalue weighted by atomic mass is 32.1. The molecule has 0 aromatic carbocycles. The van der Waals surface area contributed by atoms with Crippen LogP contribution in [0.2, 0.25) is 0 Å². The number of methoxy groups -OCH3 is 1. The first-order chi connectivity index (χ1) is 12.6. The van der Waals surface area contributed by atoms with Gasteiger partial charge in [-0.15, -0.1) is 11.3 Å². The van der Waals surface area contributed by atoms with Gasteiger partial charge in [0.1, 0.15) is 16.4 Å². The van der Waals surface area contributed by atoms with Gasteiger partial charge in [-0.25, -0.2) is 15.0 Å². The number of aromatic nitrogens is 4. The zero-order chi connectivity index (χ0) is 18.5. The van der Waals surface area contributed by atoms with E-state index in [1.807, 2.05) is 25.3 Å². The van der Waals surface area contributed by atoms with E-state index in [1.54, 1.807) is 38.0 Å². The molecule has 0 saturated carbocycles. The van der Waals surface area contributed by atoms with E-state index >= 15 is 0 Å². The third kappa shape index (κ3) is 3.79. The Balaban J connectivity index is 0.000000613. The molecule has 0 radical (unpaired) electrons. The molecule has 0 bridgehead atoms. The topological polar surface area (TPSA) is 70.0 Å². The predicted octanol–water partition coefficient (Wildman–Crippen LogP) is 4.03. The van der Waals surface area contributed by atoms with Crippen molar-refractivity contribution < 1.29 is 9.47 Å². The smallest absolute Gasteiger partial charge is 0.240 e. The fourth-order valence-corrected chi connectivity index (χ4v) is 3.47. The van der Waals surface area contributed by atoms with E-state index in [9.17, 15) is 0 Å². The fraction of sp³-hybridized carbons (Fsp3) is 0.263. The molecule has 0 saturated heterocycles. The lowest BCUT2D eigenvalue weighted by Gasteiger charge is -2.17. The first-order valence-corrected chi connectivity index (χ1v) is 8.92. The Kier molecular flexibility index (Phi) is 5.70. The van der Waals surface area contributed by atoms with E-state index < -0.39 is 0 Å². The monoisotopic (exact) mass is 368 g/mol. The van der Waals surface area contributed by atoms with Crippen LogP contribution in [0.15, 0.2) is 37.3 Å². The summed E-state index contributed by atoms with van der Waals surface area (Å²) in [6, 6.07) is 3.91. The Labute approximate surface area is 156 Å². The van der Waals surface area contributed by atoms with Crippen molar-refractivity contribution in [1.82, 2.24) is 19.9 Å². The molecule has 6 nitrogen and oxygen atoms in total. The summed E-state index contributed by atoms with van der Waals surface area (Å²) in [5, 5.41) is 0.931. The second kappa shape index (κ2) is 8.16. The van der Waals surface area contributed by atoms with Gasteiger partial charge in [-0.1, -0.05) is 6.58 Å². The first-order valence-electron chi connectivity index (χ1n) is 8.10. The molecule has 7 heteroatoms. The van der Waals surface area contributed by atoms with E-state index in [1.165, 1.54) is 0 Å². The molecule has 0 spiro atoms. The Bertz CT molecular complexity index is 909. The highest BCUT2D eigenvalue weighted by Gasteiger charge is 2.20. The van der Waals surface area contributed by atoms with E-state index in [2.05, 4.69) is 26.3 Å². The summed E-state index contributed by atoms with van der Waals surface area (Å²) in [6.45, 7) is 6.66. The maximum atomic E-state index is 5.53. The molecule has 134 valence electrons. The molecule has 3 aromatic heterocycles. The number of ether oxygens (including phenoxy) is 2. The molecule has 0 fully saturated rings. The van der Waals surface area contributed by atoms with Gasteiger partial charge in [-0.2, -0.15) is 0 Å². The standard InChI is InChI=1S/C17H14N4OS.C2H6O/c1-10-5-7-22-16-14(10)21-13(9-19-16)15-11(2)20-17(23-15)12-4-3-6-18-8-12;1-3-2/h3-4,6,8-9H,1,5,7H2,2H3;1-2H3. The quantitative estimate of drug-likeness (QED) is 0.680. The van der Waals surface area contributed by atoms with Crippen molar-refractivity contribution in [2.24, 2.45) is 0 Å². The molecular formula is C19H20N4O2S. The van der Waals surface area contributed by atoms with Crippen LogP contribution in [0.3, 0.4) is 0 Å². The molecule has 1 aliphatic heterocycles. The van der Waals surface area contributed by atoms with Crippen molar-refractivity contribution >= 4 is 16.9 Å². The van der Waals surface area contributed by atoms with Crippen LogP contribution < -0.4 is 4.74 Å². The number of hydrogen-bond donors (Lipinski definition) is 0. The average Bonchev–Trinajstić information content (AvgIpc) is 3.05. The minimum absolute atomic E-state index is 0.569. The predicted molar refractivity (Wildman–Crippen MR) is 103 cm³/mol. The second-order valence-electron chi connectivity index (χ2n) is 5.69. The molecule has 0 atom stereocenters. The minimum Gasteiger partial charge on any atom is -0.476 e. The third-order valence-electron chi connectivity index (χ3n) is 3.65. The third-order valence-corrected chi connectivity index (χ3v) is 4.88. The highest BCUT2D eigenvalue weighted by Crippen LogP contribution is 2.36. The van der Waals surface area contributed by atoms with Crippen LogP contribution in [0.5, 0.6) is 5.88 Å². The Morgan fingerprint density at radius 1 is 1.23 bits per heavy atom. The molecule has 4 rings (SSSR count). The molecule has 0 amide bonds. The van der Waals surface area contributed by atoms with Crippen molar-refractivity contribution in [1.29, 1.82) is 0 Å². The number of rotatable bonds is 2. The zero-order valence-electron chi connectivity index (χ0n) is 15.0. The van der Waals surface area contributed by atoms with E-state index in [0.29, 0.717) is 12.5 Å². The van der Waals surface area contributed by atoms with Crippen LogP contribution in [-0.2, 0) is 4.74 Å². The zero-order valence-corrected chi connectivity index (χ0v) is 15.8. The summed E-state index contributed by atoms with van der Waals surface area (Å²) in [5.74, 6) is 0.569. The second-order valence-corrected chi connectivity index (χ2v) is 6.69. The van der Waals surface area contributed by atoms with Crippen LogP contribution >= 0.6 is 11.3 Å². The summed E-state index contributed by atoms with van der Waals surface area (Å²) in [4.78, 5) is 18.9. The lowest BCUT2D eigenvalue weighted by Crippen LogP contribution is -2.10. The number of nitrogens with zero attached hydrogens (tertiary/aromatic N) is 4. The van der Waals surface area contributed by atoms with Gasteiger partial charge in [0.25, 0.3) is 0 Å². The Hall–Kier alpha value is -2.64. The Morgan fingerprint density at radius 3 is 2.77 bits per heavy atom. The van der Waals surface area contributed by atoms with Crippen LogP contribution in [0.1, 0.15) is 17.8 Å². The summed E-state index contributed by atoms with van der Waals surface area (Å²) in [6.07, 6.45) is 6.10. The molecule has 0 aliphatic carbocycles. The lowest BCUT2D eigenvalue weighted by atomic mass is 10.1. The first kappa shape index (κ1) is 18.2.